The van der Waals surface area contributed by atoms with Crippen LogP contribution in [0.4, 0.5) is 11.4 Å². The maximum atomic E-state index is 13.0. The lowest BCUT2D eigenvalue weighted by Crippen LogP contribution is -2.35. The van der Waals surface area contributed by atoms with Crippen LogP contribution < -0.4 is 5.48 Å². The Morgan fingerprint density at radius 1 is 0.818 bits per heavy atom. The van der Waals surface area contributed by atoms with Gasteiger partial charge >= 0.3 is 11.9 Å². The van der Waals surface area contributed by atoms with Gasteiger partial charge in [0.15, 0.2) is 5.60 Å². The van der Waals surface area contributed by atoms with Crippen molar-refractivity contribution in [3.05, 3.63) is 120 Å². The van der Waals surface area contributed by atoms with Gasteiger partial charge in [0.1, 0.15) is 0 Å². The second kappa shape index (κ2) is 9.71. The minimum Gasteiger partial charge on any atom is -0.457 e. The lowest BCUT2D eigenvalue weighted by atomic mass is 9.86. The number of rotatable bonds is 7. The first kappa shape index (κ1) is 21.7. The highest BCUT2D eigenvalue weighted by molar-refractivity contribution is 5.90. The van der Waals surface area contributed by atoms with Crippen molar-refractivity contribution in [3.63, 3.8) is 0 Å². The predicted molar refractivity (Wildman–Crippen MR) is 120 cm³/mol. The van der Waals surface area contributed by atoms with Crippen molar-refractivity contribution < 1.29 is 24.0 Å². The molecule has 8 heteroatoms. The summed E-state index contributed by atoms with van der Waals surface area (Å²) in [5.41, 5.74) is 2.15. The molecule has 164 valence electrons. The van der Waals surface area contributed by atoms with Crippen molar-refractivity contribution in [1.82, 2.24) is 0 Å². The van der Waals surface area contributed by atoms with E-state index in [1.807, 2.05) is 0 Å². The lowest BCUT2D eigenvalue weighted by Gasteiger charge is -2.25. The fraction of sp³-hybridized carbons (Fsp3) is 0.0400. The molecule has 0 aliphatic heterocycles. The molecule has 0 atom stereocenters. The van der Waals surface area contributed by atoms with E-state index in [2.05, 4.69) is 15.7 Å². The molecular formula is C25H19N3O5. The molecule has 0 bridgehead atoms. The fourth-order valence-electron chi connectivity index (χ4n) is 3.09. The smallest absolute Gasteiger partial charge is 0.398 e. The van der Waals surface area contributed by atoms with E-state index in [1.165, 1.54) is 12.3 Å². The molecule has 0 aliphatic carbocycles. The van der Waals surface area contributed by atoms with Gasteiger partial charge in [0.05, 0.1) is 17.6 Å². The molecule has 1 heterocycles. The van der Waals surface area contributed by atoms with Gasteiger partial charge in [-0.05, 0) is 47.5 Å². The summed E-state index contributed by atoms with van der Waals surface area (Å²) in [7, 11) is 0. The van der Waals surface area contributed by atoms with Gasteiger partial charge < -0.3 is 14.4 Å². The van der Waals surface area contributed by atoms with Crippen LogP contribution >= 0.6 is 0 Å². The van der Waals surface area contributed by atoms with Crippen LogP contribution in [0.25, 0.3) is 0 Å². The summed E-state index contributed by atoms with van der Waals surface area (Å²) < 4.78 is 4.95. The van der Waals surface area contributed by atoms with Crippen LogP contribution in [-0.2, 0) is 15.2 Å². The van der Waals surface area contributed by atoms with Crippen molar-refractivity contribution >= 4 is 23.3 Å². The number of aliphatic hydroxyl groups is 1. The highest BCUT2D eigenvalue weighted by Crippen LogP contribution is 2.31. The topological polar surface area (TPSA) is 113 Å². The number of hydrogen-bond acceptors (Lipinski definition) is 7. The van der Waals surface area contributed by atoms with Crippen molar-refractivity contribution in [2.75, 3.05) is 5.48 Å². The van der Waals surface area contributed by atoms with E-state index >= 15 is 0 Å². The van der Waals surface area contributed by atoms with Crippen LogP contribution in [0.3, 0.4) is 0 Å². The van der Waals surface area contributed by atoms with Crippen molar-refractivity contribution in [2.24, 2.45) is 10.2 Å². The molecule has 3 aromatic carbocycles. The Hall–Kier alpha value is -4.56. The van der Waals surface area contributed by atoms with E-state index in [4.69, 9.17) is 9.25 Å². The summed E-state index contributed by atoms with van der Waals surface area (Å²) in [6.07, 6.45) is 1.37. The molecule has 0 unspecified atom stereocenters. The van der Waals surface area contributed by atoms with E-state index in [0.717, 1.165) is 0 Å². The van der Waals surface area contributed by atoms with Crippen LogP contribution in [0.1, 0.15) is 21.7 Å². The monoisotopic (exact) mass is 441 g/mol. The molecule has 0 saturated heterocycles. The number of nitrogens with zero attached hydrogens (tertiary/aromatic N) is 2. The van der Waals surface area contributed by atoms with Crippen LogP contribution in [0, 0.1) is 0 Å². The molecule has 1 aromatic heterocycles. The summed E-state index contributed by atoms with van der Waals surface area (Å²) in [5, 5.41) is 19.1. The molecule has 2 N–H and O–H groups in total. The molecule has 8 nitrogen and oxygen atoms in total. The first-order chi connectivity index (χ1) is 16.1. The van der Waals surface area contributed by atoms with E-state index in [1.54, 1.807) is 91.0 Å². The third-order valence-corrected chi connectivity index (χ3v) is 4.80. The maximum absolute atomic E-state index is 13.0. The molecule has 0 aliphatic rings. The highest BCUT2D eigenvalue weighted by Gasteiger charge is 2.40. The molecule has 0 radical (unpaired) electrons. The van der Waals surface area contributed by atoms with Gasteiger partial charge in [-0.15, -0.1) is 10.2 Å². The van der Waals surface area contributed by atoms with Crippen LogP contribution in [0.15, 0.2) is 118 Å². The summed E-state index contributed by atoms with van der Waals surface area (Å²) in [6.45, 7) is 0. The Labute approximate surface area is 189 Å². The molecule has 33 heavy (non-hydrogen) atoms. The third-order valence-electron chi connectivity index (χ3n) is 4.80. The van der Waals surface area contributed by atoms with Crippen LogP contribution in [0.5, 0.6) is 0 Å². The van der Waals surface area contributed by atoms with E-state index in [0.29, 0.717) is 22.5 Å². The third kappa shape index (κ3) is 4.86. The zero-order chi connectivity index (χ0) is 23.1. The second-order valence-electron chi connectivity index (χ2n) is 6.96. The minimum absolute atomic E-state index is 0.0655. The van der Waals surface area contributed by atoms with Gasteiger partial charge in [-0.25, -0.2) is 10.3 Å². The zero-order valence-corrected chi connectivity index (χ0v) is 17.3. The SMILES string of the molecule is O=C(ONc1ccc(N=NC(=O)C(O)(c2ccccc2)c2ccccc2)cc1)c1ccco1. The quantitative estimate of drug-likeness (QED) is 0.308. The first-order valence-electron chi connectivity index (χ1n) is 9.98. The molecule has 4 aromatic rings. The van der Waals surface area contributed by atoms with E-state index in [9.17, 15) is 14.7 Å². The number of amides is 1. The summed E-state index contributed by atoms with van der Waals surface area (Å²) >= 11 is 0. The lowest BCUT2D eigenvalue weighted by molar-refractivity contribution is -0.133. The number of azo groups is 1. The predicted octanol–water partition coefficient (Wildman–Crippen LogP) is 5.01. The van der Waals surface area contributed by atoms with Gasteiger partial charge in [-0.2, -0.15) is 0 Å². The number of carbonyl (C=O) groups excluding carboxylic acids is 2. The Kier molecular flexibility index (Phi) is 6.38. The van der Waals surface area contributed by atoms with E-state index in [-0.39, 0.29) is 5.76 Å². The summed E-state index contributed by atoms with van der Waals surface area (Å²) in [6, 6.07) is 26.5. The number of benzene rings is 3. The van der Waals surface area contributed by atoms with Crippen LogP contribution in [-0.4, -0.2) is 17.0 Å². The minimum atomic E-state index is -1.98. The molecule has 1 amide bonds. The van der Waals surface area contributed by atoms with Crippen molar-refractivity contribution in [1.29, 1.82) is 0 Å². The van der Waals surface area contributed by atoms with E-state index < -0.39 is 17.5 Å². The van der Waals surface area contributed by atoms with Gasteiger partial charge in [0.25, 0.3) is 0 Å². The number of carbonyl (C=O) groups is 2. The molecule has 0 fully saturated rings. The van der Waals surface area contributed by atoms with Crippen molar-refractivity contribution in [2.45, 2.75) is 5.60 Å². The standard InChI is InChI=1S/C25H19N3O5/c29-23(22-12-7-17-32-22)33-28-21-15-13-20(14-16-21)26-27-24(30)25(31,18-8-3-1-4-9-18)19-10-5-2-6-11-19/h1-17,28,31H. The number of anilines is 1. The first-order valence-corrected chi connectivity index (χ1v) is 9.98. The zero-order valence-electron chi connectivity index (χ0n) is 17.3. The fourth-order valence-corrected chi connectivity index (χ4v) is 3.09. The average Bonchev–Trinajstić information content (AvgIpc) is 3.42. The molecule has 4 rings (SSSR count). The second-order valence-corrected chi connectivity index (χ2v) is 6.96. The maximum Gasteiger partial charge on any atom is 0.398 e. The Morgan fingerprint density at radius 2 is 1.42 bits per heavy atom. The van der Waals surface area contributed by atoms with Crippen LogP contribution in [0.2, 0.25) is 0 Å². The number of furan rings is 1. The van der Waals surface area contributed by atoms with Gasteiger partial charge in [-0.3, -0.25) is 4.79 Å². The highest BCUT2D eigenvalue weighted by atomic mass is 16.7. The average molecular weight is 441 g/mol. The Morgan fingerprint density at radius 3 is 1.97 bits per heavy atom. The normalized spacial score (nSPS) is 11.3. The molecule has 0 spiro atoms. The molecular weight excluding hydrogens is 422 g/mol. The molecule has 0 saturated carbocycles. The largest absolute Gasteiger partial charge is 0.457 e. The van der Waals surface area contributed by atoms with Crippen molar-refractivity contribution in [3.8, 4) is 0 Å². The van der Waals surface area contributed by atoms with Gasteiger partial charge in [0.2, 0.25) is 5.76 Å². The number of nitrogens with one attached hydrogen (secondary N) is 1. The van der Waals surface area contributed by atoms with Gasteiger partial charge in [0, 0.05) is 0 Å². The summed E-state index contributed by atoms with van der Waals surface area (Å²) in [5.74, 6) is -1.43. The van der Waals surface area contributed by atoms with Gasteiger partial charge in [-0.1, -0.05) is 60.7 Å². The Bertz CT molecular complexity index is 1200. The number of hydrogen-bond donors (Lipinski definition) is 2. The summed E-state index contributed by atoms with van der Waals surface area (Å²) in [4.78, 5) is 29.7. The Balaban J connectivity index is 1.48.